The highest BCUT2D eigenvalue weighted by Gasteiger charge is 2.69. The summed E-state index contributed by atoms with van der Waals surface area (Å²) < 4.78 is -1.11. The number of rotatable bonds is 7. The largest absolute Gasteiger partial charge is 0.477 e. The minimum Gasteiger partial charge on any atom is -0.477 e. The molecule has 4 heterocycles. The maximum atomic E-state index is 13.2. The third-order valence-electron chi connectivity index (χ3n) is 7.26. The van der Waals surface area contributed by atoms with E-state index in [2.05, 4.69) is 5.32 Å². The van der Waals surface area contributed by atoms with E-state index in [-0.39, 0.29) is 40.8 Å². The molecule has 0 saturated carbocycles. The predicted molar refractivity (Wildman–Crippen MR) is 119 cm³/mol. The minimum atomic E-state index is -1.13. The highest BCUT2D eigenvalue weighted by molar-refractivity contribution is 8.02. The van der Waals surface area contributed by atoms with Gasteiger partial charge in [0.05, 0.1) is 24.5 Å². The van der Waals surface area contributed by atoms with E-state index in [1.165, 1.54) is 16.7 Å². The lowest BCUT2D eigenvalue weighted by atomic mass is 9.78. The number of carbonyl (C=O) groups excluding carboxylic acids is 2. The Morgan fingerprint density at radius 1 is 1.41 bits per heavy atom. The SMILES string of the molecule is CC1C=C(C(=O)O)N2C(=O)C(SC3CC(C(=O)N4CCC(NC=N)C4)N(C)C3)(C(C)O)[C@H]12. The Morgan fingerprint density at radius 3 is 2.75 bits per heavy atom. The third-order valence-corrected chi connectivity index (χ3v) is 9.09. The number of amides is 2. The van der Waals surface area contributed by atoms with Crippen molar-refractivity contribution in [2.45, 2.75) is 60.9 Å². The van der Waals surface area contributed by atoms with Crippen LogP contribution in [0.3, 0.4) is 0 Å². The fourth-order valence-electron chi connectivity index (χ4n) is 5.72. The van der Waals surface area contributed by atoms with Gasteiger partial charge >= 0.3 is 5.97 Å². The Labute approximate surface area is 191 Å². The van der Waals surface area contributed by atoms with Crippen molar-refractivity contribution >= 4 is 35.9 Å². The summed E-state index contributed by atoms with van der Waals surface area (Å²) in [6.45, 7) is 5.30. The molecular weight excluding hydrogens is 434 g/mol. The number of aliphatic carboxylic acids is 1. The van der Waals surface area contributed by atoms with E-state index < -0.39 is 22.9 Å². The summed E-state index contributed by atoms with van der Waals surface area (Å²) in [6, 6.07) is -0.597. The first-order valence-corrected chi connectivity index (χ1v) is 11.9. The molecule has 6 unspecified atom stereocenters. The quantitative estimate of drug-likeness (QED) is 0.225. The molecule has 4 rings (SSSR count). The van der Waals surface area contributed by atoms with Gasteiger partial charge in [0, 0.05) is 30.9 Å². The molecule has 2 amide bonds. The topological polar surface area (TPSA) is 137 Å². The van der Waals surface area contributed by atoms with Crippen LogP contribution in [0.1, 0.15) is 26.7 Å². The maximum absolute atomic E-state index is 13.2. The van der Waals surface area contributed by atoms with Crippen LogP contribution >= 0.6 is 11.8 Å². The number of nitrogens with zero attached hydrogens (tertiary/aromatic N) is 3. The molecule has 7 atom stereocenters. The van der Waals surface area contributed by atoms with E-state index in [1.807, 2.05) is 23.8 Å². The number of likely N-dealkylation sites (N-methyl/N-ethyl adjacent to an activating group) is 1. The number of carbonyl (C=O) groups is 3. The fourth-order valence-corrected chi connectivity index (χ4v) is 7.71. The van der Waals surface area contributed by atoms with E-state index in [0.717, 1.165) is 12.8 Å². The average Bonchev–Trinajstić information content (AvgIpc) is 3.41. The first kappa shape index (κ1) is 23.1. The van der Waals surface area contributed by atoms with Gasteiger partial charge in [0.15, 0.2) is 0 Å². The average molecular weight is 466 g/mol. The van der Waals surface area contributed by atoms with E-state index >= 15 is 0 Å². The molecule has 0 bridgehead atoms. The van der Waals surface area contributed by atoms with Crippen LogP contribution in [0.2, 0.25) is 0 Å². The Balaban J connectivity index is 1.46. The number of aliphatic hydroxyl groups is 1. The molecule has 0 aromatic carbocycles. The summed E-state index contributed by atoms with van der Waals surface area (Å²) in [5.41, 5.74) is -0.0110. The number of β-lactam (4-membered cyclic amide) rings is 1. The molecule has 4 aliphatic rings. The molecule has 3 fully saturated rings. The van der Waals surface area contributed by atoms with Crippen LogP contribution in [0.4, 0.5) is 0 Å². The molecule has 0 aromatic heterocycles. The summed E-state index contributed by atoms with van der Waals surface area (Å²) in [7, 11) is 1.90. The lowest BCUT2D eigenvalue weighted by molar-refractivity contribution is -0.158. The number of carboxylic acid groups (broad SMARTS) is 1. The number of fused-ring (bicyclic) bond motifs is 1. The molecule has 176 valence electrons. The van der Waals surface area contributed by atoms with Crippen LogP contribution in [-0.4, -0.2) is 110 Å². The van der Waals surface area contributed by atoms with Gasteiger partial charge in [-0.2, -0.15) is 0 Å². The second-order valence-corrected chi connectivity index (χ2v) is 10.9. The lowest BCUT2D eigenvalue weighted by Gasteiger charge is -2.56. The molecule has 0 aromatic rings. The lowest BCUT2D eigenvalue weighted by Crippen LogP contribution is -2.76. The molecule has 4 aliphatic heterocycles. The van der Waals surface area contributed by atoms with Crippen molar-refractivity contribution in [3.63, 3.8) is 0 Å². The van der Waals surface area contributed by atoms with Crippen molar-refractivity contribution < 1.29 is 24.6 Å². The van der Waals surface area contributed by atoms with Crippen LogP contribution in [0.5, 0.6) is 0 Å². The maximum Gasteiger partial charge on any atom is 0.352 e. The zero-order valence-electron chi connectivity index (χ0n) is 18.5. The van der Waals surface area contributed by atoms with Gasteiger partial charge in [0.25, 0.3) is 0 Å². The second kappa shape index (κ2) is 8.35. The minimum absolute atomic E-state index is 0.0110. The number of nitrogens with one attached hydrogen (secondary N) is 2. The van der Waals surface area contributed by atoms with Crippen molar-refractivity contribution in [3.05, 3.63) is 11.8 Å². The highest BCUT2D eigenvalue weighted by Crippen LogP contribution is 2.55. The van der Waals surface area contributed by atoms with Crippen LogP contribution in [0, 0.1) is 11.3 Å². The van der Waals surface area contributed by atoms with Gasteiger partial charge in [-0.25, -0.2) is 4.79 Å². The zero-order chi connectivity index (χ0) is 23.4. The van der Waals surface area contributed by atoms with Crippen molar-refractivity contribution in [2.24, 2.45) is 5.92 Å². The van der Waals surface area contributed by atoms with E-state index in [9.17, 15) is 24.6 Å². The third kappa shape index (κ3) is 3.41. The normalized spacial score (nSPS) is 37.7. The molecule has 3 saturated heterocycles. The van der Waals surface area contributed by atoms with E-state index in [1.54, 1.807) is 13.0 Å². The van der Waals surface area contributed by atoms with Crippen LogP contribution in [0.25, 0.3) is 0 Å². The summed E-state index contributed by atoms with van der Waals surface area (Å²) in [5, 5.41) is 30.2. The van der Waals surface area contributed by atoms with Crippen molar-refractivity contribution in [2.75, 3.05) is 26.7 Å². The summed E-state index contributed by atoms with van der Waals surface area (Å²) in [6.07, 6.45) is 3.19. The van der Waals surface area contributed by atoms with Crippen LogP contribution in [-0.2, 0) is 14.4 Å². The van der Waals surface area contributed by atoms with Crippen molar-refractivity contribution in [1.82, 2.24) is 20.0 Å². The predicted octanol–water partition coefficient (Wildman–Crippen LogP) is -0.462. The number of carboxylic acids is 1. The Hall–Kier alpha value is -2.11. The summed E-state index contributed by atoms with van der Waals surface area (Å²) in [4.78, 5) is 43.0. The molecule has 0 spiro atoms. The van der Waals surface area contributed by atoms with Gasteiger partial charge in [0.2, 0.25) is 11.8 Å². The van der Waals surface area contributed by atoms with Crippen LogP contribution in [0.15, 0.2) is 11.8 Å². The van der Waals surface area contributed by atoms with Gasteiger partial charge < -0.3 is 20.4 Å². The smallest absolute Gasteiger partial charge is 0.352 e. The number of hydrogen-bond acceptors (Lipinski definition) is 7. The number of hydrogen-bond donors (Lipinski definition) is 4. The van der Waals surface area contributed by atoms with Crippen molar-refractivity contribution in [3.8, 4) is 0 Å². The molecule has 0 radical (unpaired) electrons. The Bertz CT molecular complexity index is 866. The van der Waals surface area contributed by atoms with Gasteiger partial charge in [-0.1, -0.05) is 6.92 Å². The standard InChI is InChI=1S/C21H31N5O5S/c1-11-6-16(19(29)30)26-17(11)21(12(2)27,20(26)31)32-14-7-15(24(3)9-14)18(28)25-5-4-13(8-25)23-10-22/h6,10-15,17,27H,4-5,7-9H2,1-3H3,(H2,22,23)(H,29,30)/t11?,12?,13?,14?,15?,17-,21?/m0/s1. The Morgan fingerprint density at radius 2 is 2.12 bits per heavy atom. The molecular formula is C21H31N5O5S. The van der Waals surface area contributed by atoms with Crippen molar-refractivity contribution in [1.29, 1.82) is 5.41 Å². The highest BCUT2D eigenvalue weighted by atomic mass is 32.2. The molecule has 4 N–H and O–H groups in total. The number of likely N-dealkylation sites (tertiary alicyclic amines) is 2. The van der Waals surface area contributed by atoms with Gasteiger partial charge in [-0.3, -0.25) is 24.8 Å². The Kier molecular flexibility index (Phi) is 6.01. The monoisotopic (exact) mass is 465 g/mol. The molecule has 10 nitrogen and oxygen atoms in total. The van der Waals surface area contributed by atoms with E-state index in [4.69, 9.17) is 5.41 Å². The summed E-state index contributed by atoms with van der Waals surface area (Å²) >= 11 is 1.41. The van der Waals surface area contributed by atoms with Gasteiger partial charge in [0.1, 0.15) is 10.4 Å². The van der Waals surface area contributed by atoms with Gasteiger partial charge in [-0.15, -0.1) is 11.8 Å². The number of aliphatic hydroxyl groups excluding tert-OH is 1. The number of thioether (sulfide) groups is 1. The molecule has 0 aliphatic carbocycles. The van der Waals surface area contributed by atoms with Gasteiger partial charge in [-0.05, 0) is 38.8 Å². The van der Waals surface area contributed by atoms with Crippen LogP contribution < -0.4 is 5.32 Å². The first-order valence-electron chi connectivity index (χ1n) is 11.0. The zero-order valence-corrected chi connectivity index (χ0v) is 19.3. The second-order valence-electron chi connectivity index (χ2n) is 9.32. The van der Waals surface area contributed by atoms with E-state index in [0.29, 0.717) is 26.1 Å². The molecule has 11 heteroatoms. The fraction of sp³-hybridized carbons (Fsp3) is 0.714. The summed E-state index contributed by atoms with van der Waals surface area (Å²) in [5.74, 6) is -1.62. The first-order chi connectivity index (χ1) is 15.1. The molecule has 32 heavy (non-hydrogen) atoms.